The molecule has 0 radical (unpaired) electrons. The second kappa shape index (κ2) is 10.8. The third kappa shape index (κ3) is 4.96. The maximum absolute atomic E-state index is 9.78. The molecular weight excluding hydrogens is 352 g/mol. The zero-order valence-corrected chi connectivity index (χ0v) is 16.7. The summed E-state index contributed by atoms with van der Waals surface area (Å²) in [6.07, 6.45) is 3.70. The molecule has 5 heteroatoms. The monoisotopic (exact) mass is 378 g/mol. The molecule has 0 unspecified atom stereocenters. The van der Waals surface area contributed by atoms with Gasteiger partial charge >= 0.3 is 0 Å². The van der Waals surface area contributed by atoms with Gasteiger partial charge in [-0.05, 0) is 36.6 Å². The summed E-state index contributed by atoms with van der Waals surface area (Å²) in [5.74, 6) is 1.59. The SMILES string of the molecule is CCCCOc1cc(-c2ccc(OC)cc2)c(OCCCC)c(C#N)c1C#N. The van der Waals surface area contributed by atoms with Crippen LogP contribution in [0.5, 0.6) is 17.2 Å². The topological polar surface area (TPSA) is 75.3 Å². The molecule has 146 valence electrons. The van der Waals surface area contributed by atoms with Crippen LogP contribution in [-0.2, 0) is 0 Å². The first-order valence-electron chi connectivity index (χ1n) is 9.61. The van der Waals surface area contributed by atoms with E-state index >= 15 is 0 Å². The fourth-order valence-electron chi connectivity index (χ4n) is 2.75. The van der Waals surface area contributed by atoms with Gasteiger partial charge in [-0.1, -0.05) is 38.8 Å². The third-order valence-corrected chi connectivity index (χ3v) is 4.37. The molecule has 0 amide bonds. The molecule has 0 aliphatic rings. The van der Waals surface area contributed by atoms with E-state index in [0.717, 1.165) is 42.6 Å². The Kier molecular flexibility index (Phi) is 8.18. The van der Waals surface area contributed by atoms with Gasteiger partial charge in [-0.25, -0.2) is 0 Å². The Balaban J connectivity index is 2.61. The second-order valence-corrected chi connectivity index (χ2v) is 6.36. The smallest absolute Gasteiger partial charge is 0.146 e. The highest BCUT2D eigenvalue weighted by molar-refractivity contribution is 5.79. The number of benzene rings is 2. The lowest BCUT2D eigenvalue weighted by Crippen LogP contribution is -2.05. The number of hydrogen-bond donors (Lipinski definition) is 0. The van der Waals surface area contributed by atoms with E-state index in [1.165, 1.54) is 0 Å². The minimum atomic E-state index is 0.221. The molecule has 28 heavy (non-hydrogen) atoms. The fourth-order valence-corrected chi connectivity index (χ4v) is 2.75. The van der Waals surface area contributed by atoms with E-state index < -0.39 is 0 Å². The van der Waals surface area contributed by atoms with Crippen molar-refractivity contribution in [2.24, 2.45) is 0 Å². The van der Waals surface area contributed by atoms with Crippen LogP contribution in [0.1, 0.15) is 50.7 Å². The molecule has 2 aromatic carbocycles. The van der Waals surface area contributed by atoms with Gasteiger partial charge in [0.2, 0.25) is 0 Å². The minimum Gasteiger partial charge on any atom is -0.497 e. The Morgan fingerprint density at radius 2 is 1.46 bits per heavy atom. The molecule has 5 nitrogen and oxygen atoms in total. The van der Waals surface area contributed by atoms with E-state index in [9.17, 15) is 10.5 Å². The maximum atomic E-state index is 9.78. The Hall–Kier alpha value is -3.18. The van der Waals surface area contributed by atoms with Crippen molar-refractivity contribution >= 4 is 0 Å². The molecule has 0 aliphatic heterocycles. The Labute approximate surface area is 167 Å². The number of nitriles is 2. The lowest BCUT2D eigenvalue weighted by atomic mass is 9.97. The number of hydrogen-bond acceptors (Lipinski definition) is 5. The lowest BCUT2D eigenvalue weighted by molar-refractivity contribution is 0.300. The van der Waals surface area contributed by atoms with E-state index in [4.69, 9.17) is 14.2 Å². The van der Waals surface area contributed by atoms with Gasteiger partial charge in [-0.3, -0.25) is 0 Å². The molecule has 2 aromatic rings. The van der Waals surface area contributed by atoms with Crippen molar-refractivity contribution in [3.8, 4) is 40.5 Å². The number of nitrogens with zero attached hydrogens (tertiary/aromatic N) is 2. The molecule has 0 saturated heterocycles. The van der Waals surface area contributed by atoms with Crippen molar-refractivity contribution in [1.29, 1.82) is 10.5 Å². The first kappa shape index (κ1) is 21.1. The standard InChI is InChI=1S/C23H26N2O3/c1-4-6-12-27-22-14-19(17-8-10-18(26-3)11-9-17)23(28-13-7-5-2)21(16-25)20(22)15-24/h8-11,14H,4-7,12-13H2,1-3H3. The van der Waals surface area contributed by atoms with Gasteiger partial charge in [-0.2, -0.15) is 10.5 Å². The number of ether oxygens (including phenoxy) is 3. The zero-order chi connectivity index (χ0) is 20.4. The summed E-state index contributed by atoms with van der Waals surface area (Å²) >= 11 is 0. The van der Waals surface area contributed by atoms with Crippen LogP contribution in [0.4, 0.5) is 0 Å². The van der Waals surface area contributed by atoms with E-state index in [1.807, 2.05) is 24.3 Å². The average Bonchev–Trinajstić information content (AvgIpc) is 2.74. The summed E-state index contributed by atoms with van der Waals surface area (Å²) in [7, 11) is 1.61. The van der Waals surface area contributed by atoms with E-state index in [2.05, 4.69) is 26.0 Å². The quantitative estimate of drug-likeness (QED) is 0.513. The third-order valence-electron chi connectivity index (χ3n) is 4.37. The summed E-state index contributed by atoms with van der Waals surface area (Å²) in [5, 5.41) is 19.4. The van der Waals surface area contributed by atoms with Gasteiger partial charge in [0.15, 0.2) is 0 Å². The van der Waals surface area contributed by atoms with Crippen LogP contribution in [0, 0.1) is 22.7 Å². The van der Waals surface area contributed by atoms with E-state index in [-0.39, 0.29) is 11.1 Å². The highest BCUT2D eigenvalue weighted by Crippen LogP contribution is 2.40. The lowest BCUT2D eigenvalue weighted by Gasteiger charge is -2.17. The van der Waals surface area contributed by atoms with Crippen LogP contribution in [0.25, 0.3) is 11.1 Å². The molecule has 0 saturated carbocycles. The number of unbranched alkanes of at least 4 members (excludes halogenated alkanes) is 2. The van der Waals surface area contributed by atoms with Crippen LogP contribution < -0.4 is 14.2 Å². The first-order chi connectivity index (χ1) is 13.7. The normalized spacial score (nSPS) is 10.0. The van der Waals surface area contributed by atoms with Gasteiger partial charge in [-0.15, -0.1) is 0 Å². The van der Waals surface area contributed by atoms with Crippen LogP contribution in [-0.4, -0.2) is 20.3 Å². The van der Waals surface area contributed by atoms with Gasteiger partial charge in [0.25, 0.3) is 0 Å². The zero-order valence-electron chi connectivity index (χ0n) is 16.7. The first-order valence-corrected chi connectivity index (χ1v) is 9.61. The number of methoxy groups -OCH3 is 1. The van der Waals surface area contributed by atoms with Crippen molar-refractivity contribution < 1.29 is 14.2 Å². The highest BCUT2D eigenvalue weighted by atomic mass is 16.5. The summed E-state index contributed by atoms with van der Waals surface area (Å²) in [5.41, 5.74) is 2.05. The predicted octanol–water partition coefficient (Wildman–Crippen LogP) is 5.46. The molecule has 0 atom stereocenters. The Morgan fingerprint density at radius 3 is 2.00 bits per heavy atom. The van der Waals surface area contributed by atoms with Gasteiger partial charge in [0.05, 0.1) is 20.3 Å². The van der Waals surface area contributed by atoms with Gasteiger partial charge in [0.1, 0.15) is 40.5 Å². The van der Waals surface area contributed by atoms with E-state index in [0.29, 0.717) is 24.7 Å². The van der Waals surface area contributed by atoms with Crippen LogP contribution in [0.15, 0.2) is 30.3 Å². The molecule has 0 heterocycles. The molecule has 0 spiro atoms. The molecule has 0 aliphatic carbocycles. The Morgan fingerprint density at radius 1 is 0.857 bits per heavy atom. The predicted molar refractivity (Wildman–Crippen MR) is 109 cm³/mol. The summed E-state index contributed by atoms with van der Waals surface area (Å²) in [6.45, 7) is 5.12. The molecule has 0 aromatic heterocycles. The molecule has 0 fully saturated rings. The van der Waals surface area contributed by atoms with Crippen molar-refractivity contribution in [3.05, 3.63) is 41.5 Å². The Bertz CT molecular complexity index is 861. The van der Waals surface area contributed by atoms with Crippen LogP contribution in [0.3, 0.4) is 0 Å². The molecular formula is C23H26N2O3. The van der Waals surface area contributed by atoms with Crippen LogP contribution in [0.2, 0.25) is 0 Å². The molecule has 0 N–H and O–H groups in total. The van der Waals surface area contributed by atoms with Crippen molar-refractivity contribution in [2.45, 2.75) is 39.5 Å². The van der Waals surface area contributed by atoms with Gasteiger partial charge < -0.3 is 14.2 Å². The largest absolute Gasteiger partial charge is 0.497 e. The average molecular weight is 378 g/mol. The van der Waals surface area contributed by atoms with E-state index in [1.54, 1.807) is 13.2 Å². The van der Waals surface area contributed by atoms with Gasteiger partial charge in [0, 0.05) is 5.56 Å². The van der Waals surface area contributed by atoms with Crippen molar-refractivity contribution in [1.82, 2.24) is 0 Å². The molecule has 2 rings (SSSR count). The summed E-state index contributed by atoms with van der Waals surface area (Å²) in [6, 6.07) is 13.6. The fraction of sp³-hybridized carbons (Fsp3) is 0.391. The second-order valence-electron chi connectivity index (χ2n) is 6.36. The number of rotatable bonds is 10. The van der Waals surface area contributed by atoms with Crippen molar-refractivity contribution in [3.63, 3.8) is 0 Å². The molecule has 0 bridgehead atoms. The van der Waals surface area contributed by atoms with Crippen LogP contribution >= 0.6 is 0 Å². The summed E-state index contributed by atoms with van der Waals surface area (Å²) < 4.78 is 17.1. The maximum Gasteiger partial charge on any atom is 0.146 e. The van der Waals surface area contributed by atoms with Crippen molar-refractivity contribution in [2.75, 3.05) is 20.3 Å². The summed E-state index contributed by atoms with van der Waals surface area (Å²) in [4.78, 5) is 0. The highest BCUT2D eigenvalue weighted by Gasteiger charge is 2.21. The minimum absolute atomic E-state index is 0.221.